The molecule has 1 N–H and O–H groups in total. The van der Waals surface area contributed by atoms with E-state index in [4.69, 9.17) is 4.74 Å². The fourth-order valence-corrected chi connectivity index (χ4v) is 3.51. The van der Waals surface area contributed by atoms with Crippen molar-refractivity contribution in [2.45, 2.75) is 32.1 Å². The molecule has 2 aromatic rings. The second-order valence-electron chi connectivity index (χ2n) is 6.03. The highest BCUT2D eigenvalue weighted by Crippen LogP contribution is 2.32. The van der Waals surface area contributed by atoms with E-state index in [1.807, 2.05) is 17.5 Å². The Morgan fingerprint density at radius 2 is 2.12 bits per heavy atom. The normalized spacial score (nSPS) is 15.6. The van der Waals surface area contributed by atoms with Gasteiger partial charge in [-0.2, -0.15) is 0 Å². The first-order valence-electron chi connectivity index (χ1n) is 8.20. The number of carbonyl (C=O) groups excluding carboxylic acids is 3. The predicted molar refractivity (Wildman–Crippen MR) is 96.0 cm³/mol. The van der Waals surface area contributed by atoms with Crippen LogP contribution in [0.3, 0.4) is 0 Å². The number of amides is 1. The van der Waals surface area contributed by atoms with Crippen molar-refractivity contribution in [2.24, 2.45) is 0 Å². The molecule has 130 valence electrons. The van der Waals surface area contributed by atoms with Crippen molar-refractivity contribution < 1.29 is 19.1 Å². The number of nitrogens with one attached hydrogen (secondary N) is 1. The number of aryl methyl sites for hydroxylation is 1. The van der Waals surface area contributed by atoms with Gasteiger partial charge in [-0.25, -0.2) is 0 Å². The van der Waals surface area contributed by atoms with E-state index in [-0.39, 0.29) is 30.2 Å². The summed E-state index contributed by atoms with van der Waals surface area (Å²) in [5.74, 6) is -0.975. The molecule has 0 saturated heterocycles. The molecule has 3 rings (SSSR count). The van der Waals surface area contributed by atoms with E-state index in [0.29, 0.717) is 18.4 Å². The number of thiophene rings is 1. The lowest BCUT2D eigenvalue weighted by Gasteiger charge is -2.07. The van der Waals surface area contributed by atoms with Gasteiger partial charge in [-0.3, -0.25) is 14.4 Å². The van der Waals surface area contributed by atoms with Crippen LogP contribution in [0.15, 0.2) is 35.7 Å². The Morgan fingerprint density at radius 3 is 2.88 bits per heavy atom. The Balaban J connectivity index is 1.48. The molecule has 1 aliphatic rings. The van der Waals surface area contributed by atoms with Gasteiger partial charge >= 0.3 is 5.97 Å². The van der Waals surface area contributed by atoms with Crippen molar-refractivity contribution >= 4 is 34.7 Å². The third-order valence-corrected chi connectivity index (χ3v) is 5.18. The van der Waals surface area contributed by atoms with Crippen LogP contribution < -0.4 is 5.32 Å². The maximum atomic E-state index is 12.2. The zero-order valence-corrected chi connectivity index (χ0v) is 14.7. The fraction of sp³-hybridized carbons (Fsp3) is 0.316. The topological polar surface area (TPSA) is 72.5 Å². The molecule has 25 heavy (non-hydrogen) atoms. The predicted octanol–water partition coefficient (Wildman–Crippen LogP) is 3.55. The Bertz CT molecular complexity index is 798. The number of hydrogen-bond donors (Lipinski definition) is 1. The maximum Gasteiger partial charge on any atom is 0.306 e. The molecule has 0 fully saturated rings. The van der Waals surface area contributed by atoms with Gasteiger partial charge < -0.3 is 10.1 Å². The highest BCUT2D eigenvalue weighted by atomic mass is 32.1. The summed E-state index contributed by atoms with van der Waals surface area (Å²) in [5.41, 5.74) is 1.99. The number of Topliss-reactive ketones (excluding diaryl/α,β-unsaturated/α-hetero) is 1. The van der Waals surface area contributed by atoms with E-state index in [1.54, 1.807) is 36.5 Å². The lowest BCUT2D eigenvalue weighted by Crippen LogP contribution is -2.14. The maximum absolute atomic E-state index is 12.2. The van der Waals surface area contributed by atoms with Crippen LogP contribution in [-0.4, -0.2) is 24.3 Å². The highest BCUT2D eigenvalue weighted by Gasteiger charge is 2.27. The summed E-state index contributed by atoms with van der Waals surface area (Å²) >= 11 is 1.66. The average Bonchev–Trinajstić information content (AvgIpc) is 3.21. The second-order valence-corrected chi connectivity index (χ2v) is 7.06. The van der Waals surface area contributed by atoms with Crippen LogP contribution in [0.5, 0.6) is 0 Å². The molecular formula is C19H19NO4S. The van der Waals surface area contributed by atoms with Gasteiger partial charge in [0, 0.05) is 22.5 Å². The molecule has 0 bridgehead atoms. The molecule has 1 aromatic carbocycles. The van der Waals surface area contributed by atoms with Gasteiger partial charge in [-0.05, 0) is 55.0 Å². The molecular weight excluding hydrogens is 338 g/mol. The van der Waals surface area contributed by atoms with Gasteiger partial charge in [-0.15, -0.1) is 11.3 Å². The van der Waals surface area contributed by atoms with Crippen LogP contribution in [0.1, 0.15) is 46.5 Å². The monoisotopic (exact) mass is 357 g/mol. The van der Waals surface area contributed by atoms with Gasteiger partial charge in [0.2, 0.25) is 5.91 Å². The van der Waals surface area contributed by atoms with Crippen LogP contribution in [0.4, 0.5) is 5.69 Å². The third kappa shape index (κ3) is 4.14. The van der Waals surface area contributed by atoms with Crippen LogP contribution >= 0.6 is 11.3 Å². The zero-order valence-electron chi connectivity index (χ0n) is 13.9. The van der Waals surface area contributed by atoms with Crippen molar-refractivity contribution in [3.05, 3.63) is 51.7 Å². The summed E-state index contributed by atoms with van der Waals surface area (Å²) in [6.07, 6.45) is 1.84. The molecule has 0 saturated carbocycles. The van der Waals surface area contributed by atoms with Gasteiger partial charge in [-0.1, -0.05) is 6.07 Å². The Kier molecular flexibility index (Phi) is 5.28. The van der Waals surface area contributed by atoms with E-state index in [9.17, 15) is 14.4 Å². The van der Waals surface area contributed by atoms with Crippen LogP contribution in [0, 0.1) is 0 Å². The van der Waals surface area contributed by atoms with E-state index < -0.39 is 0 Å². The van der Waals surface area contributed by atoms with E-state index in [0.717, 1.165) is 17.7 Å². The highest BCUT2D eigenvalue weighted by molar-refractivity contribution is 7.09. The number of esters is 1. The average molecular weight is 357 g/mol. The molecule has 1 amide bonds. The minimum absolute atomic E-state index is 0.0724. The number of rotatable bonds is 7. The Labute approximate surface area is 150 Å². The van der Waals surface area contributed by atoms with E-state index in [2.05, 4.69) is 5.32 Å². The molecule has 0 spiro atoms. The first-order chi connectivity index (χ1) is 12.0. The van der Waals surface area contributed by atoms with Gasteiger partial charge in [0.25, 0.3) is 0 Å². The SMILES string of the molecule is C[C@@H]1C(=O)Nc2ccc(C(=O)COC(=O)CCCc3cccs3)cc21. The molecule has 1 aromatic heterocycles. The number of ether oxygens (including phenoxy) is 1. The molecule has 0 unspecified atom stereocenters. The number of hydrogen-bond acceptors (Lipinski definition) is 5. The Morgan fingerprint density at radius 1 is 1.28 bits per heavy atom. The lowest BCUT2D eigenvalue weighted by atomic mass is 9.99. The summed E-state index contributed by atoms with van der Waals surface area (Å²) < 4.78 is 5.08. The van der Waals surface area contributed by atoms with Gasteiger partial charge in [0.15, 0.2) is 12.4 Å². The van der Waals surface area contributed by atoms with Crippen molar-refractivity contribution in [3.63, 3.8) is 0 Å². The second kappa shape index (κ2) is 7.61. The molecule has 2 heterocycles. The first kappa shape index (κ1) is 17.4. The molecule has 0 radical (unpaired) electrons. The van der Waals surface area contributed by atoms with Gasteiger partial charge in [0.05, 0.1) is 5.92 Å². The number of anilines is 1. The molecule has 5 nitrogen and oxygen atoms in total. The van der Waals surface area contributed by atoms with Crippen molar-refractivity contribution in [2.75, 3.05) is 11.9 Å². The first-order valence-corrected chi connectivity index (χ1v) is 9.08. The number of ketones is 1. The molecule has 0 aliphatic carbocycles. The van der Waals surface area contributed by atoms with Crippen LogP contribution in [-0.2, 0) is 20.7 Å². The molecule has 1 aliphatic heterocycles. The standard InChI is InChI=1S/C19H19NO4S/c1-12-15-10-13(7-8-16(15)20-19(12)23)17(21)11-24-18(22)6-2-4-14-5-3-9-25-14/h3,5,7-10,12H,2,4,6,11H2,1H3,(H,20,23)/t12-/m0/s1. The third-order valence-electron chi connectivity index (χ3n) is 4.24. The van der Waals surface area contributed by atoms with E-state index >= 15 is 0 Å². The summed E-state index contributed by atoms with van der Waals surface area (Å²) in [6, 6.07) is 9.08. The smallest absolute Gasteiger partial charge is 0.306 e. The Hall–Kier alpha value is -2.47. The number of carbonyl (C=O) groups is 3. The number of fused-ring (bicyclic) bond motifs is 1. The summed E-state index contributed by atoms with van der Waals surface area (Å²) in [4.78, 5) is 36.9. The van der Waals surface area contributed by atoms with Crippen molar-refractivity contribution in [3.8, 4) is 0 Å². The fourth-order valence-electron chi connectivity index (χ4n) is 2.75. The summed E-state index contributed by atoms with van der Waals surface area (Å²) in [5, 5.41) is 4.77. The van der Waals surface area contributed by atoms with Gasteiger partial charge in [0.1, 0.15) is 0 Å². The molecule has 1 atom stereocenters. The molecule has 6 heteroatoms. The number of benzene rings is 1. The van der Waals surface area contributed by atoms with E-state index in [1.165, 1.54) is 4.88 Å². The van der Waals surface area contributed by atoms with Crippen molar-refractivity contribution in [1.29, 1.82) is 0 Å². The lowest BCUT2D eigenvalue weighted by molar-refractivity contribution is -0.142. The van der Waals surface area contributed by atoms with Crippen molar-refractivity contribution in [1.82, 2.24) is 0 Å². The minimum Gasteiger partial charge on any atom is -0.457 e. The zero-order chi connectivity index (χ0) is 17.8. The quantitative estimate of drug-likeness (QED) is 0.607. The van der Waals surface area contributed by atoms with Crippen LogP contribution in [0.25, 0.3) is 0 Å². The minimum atomic E-state index is -0.365. The summed E-state index contributed by atoms with van der Waals surface area (Å²) in [6.45, 7) is 1.52. The summed E-state index contributed by atoms with van der Waals surface area (Å²) in [7, 11) is 0. The largest absolute Gasteiger partial charge is 0.457 e. The van der Waals surface area contributed by atoms with Crippen LogP contribution in [0.2, 0.25) is 0 Å².